The zero-order chi connectivity index (χ0) is 16.7. The van der Waals surface area contributed by atoms with Gasteiger partial charge in [-0.2, -0.15) is 0 Å². The minimum absolute atomic E-state index is 0.209. The number of rotatable bonds is 3. The highest BCUT2D eigenvalue weighted by Gasteiger charge is 2.19. The van der Waals surface area contributed by atoms with Crippen LogP contribution in [0.1, 0.15) is 13.0 Å². The van der Waals surface area contributed by atoms with E-state index in [1.165, 1.54) is 6.07 Å². The molecule has 0 fully saturated rings. The van der Waals surface area contributed by atoms with Crippen LogP contribution >= 0.6 is 0 Å². The molecule has 3 nitrogen and oxygen atoms in total. The van der Waals surface area contributed by atoms with Gasteiger partial charge in [-0.1, -0.05) is 0 Å². The third kappa shape index (κ3) is 2.57. The minimum Gasteiger partial charge on any atom is -0.328 e. The molecule has 0 saturated carbocycles. The van der Waals surface area contributed by atoms with E-state index in [-0.39, 0.29) is 23.9 Å². The Balaban J connectivity index is 2.32. The number of halogens is 4. The molecule has 0 amide bonds. The van der Waals surface area contributed by atoms with Gasteiger partial charge in [-0.3, -0.25) is 0 Å². The fourth-order valence-corrected chi connectivity index (χ4v) is 2.48. The van der Waals surface area contributed by atoms with E-state index >= 15 is 0 Å². The van der Waals surface area contributed by atoms with E-state index in [0.29, 0.717) is 11.1 Å². The summed E-state index contributed by atoms with van der Waals surface area (Å²) >= 11 is 0. The Morgan fingerprint density at radius 3 is 2.30 bits per heavy atom. The Bertz CT molecular complexity index is 889. The van der Waals surface area contributed by atoms with E-state index in [9.17, 15) is 17.6 Å². The molecule has 3 aromatic rings. The van der Waals surface area contributed by atoms with E-state index in [0.717, 1.165) is 24.3 Å². The molecule has 0 saturated heterocycles. The van der Waals surface area contributed by atoms with E-state index in [2.05, 4.69) is 4.98 Å². The van der Waals surface area contributed by atoms with Crippen molar-refractivity contribution in [2.45, 2.75) is 13.0 Å². The number of hydrogen-bond acceptors (Lipinski definition) is 2. The number of imidazole rings is 1. The summed E-state index contributed by atoms with van der Waals surface area (Å²) in [4.78, 5) is 4.24. The minimum atomic E-state index is -1.03. The summed E-state index contributed by atoms with van der Waals surface area (Å²) in [6.45, 7) is 1.98. The maximum atomic E-state index is 13.6. The molecule has 1 unspecified atom stereocenters. The standard InChI is InChI=1S/C16H13F4N3/c1-8(7-21)23-15-6-13(20)12(19)5-14(15)22-16(23)9-2-3-10(17)11(18)4-9/h2-6,8H,7,21H2,1H3. The van der Waals surface area contributed by atoms with Crippen molar-refractivity contribution >= 4 is 11.0 Å². The van der Waals surface area contributed by atoms with Crippen LogP contribution in [0.3, 0.4) is 0 Å². The van der Waals surface area contributed by atoms with Gasteiger partial charge in [0.2, 0.25) is 0 Å². The van der Waals surface area contributed by atoms with Crippen LogP contribution < -0.4 is 5.73 Å². The molecular weight excluding hydrogens is 310 g/mol. The second kappa shape index (κ2) is 5.66. The number of hydrogen-bond donors (Lipinski definition) is 1. The summed E-state index contributed by atoms with van der Waals surface area (Å²) < 4.78 is 55.2. The van der Waals surface area contributed by atoms with Gasteiger partial charge >= 0.3 is 0 Å². The molecule has 1 aromatic heterocycles. The number of benzene rings is 2. The Hall–Kier alpha value is -2.41. The highest BCUT2D eigenvalue weighted by atomic mass is 19.2. The van der Waals surface area contributed by atoms with Crippen LogP contribution in [0.5, 0.6) is 0 Å². The molecule has 23 heavy (non-hydrogen) atoms. The van der Waals surface area contributed by atoms with Crippen molar-refractivity contribution in [2.24, 2.45) is 5.73 Å². The summed E-state index contributed by atoms with van der Waals surface area (Å²) in [5, 5.41) is 0. The molecule has 1 heterocycles. The van der Waals surface area contributed by atoms with Gasteiger partial charge in [0.1, 0.15) is 5.82 Å². The molecule has 0 aliphatic rings. The smallest absolute Gasteiger partial charge is 0.161 e. The molecule has 7 heteroatoms. The Morgan fingerprint density at radius 1 is 1.00 bits per heavy atom. The van der Waals surface area contributed by atoms with Crippen LogP contribution in [0.4, 0.5) is 17.6 Å². The van der Waals surface area contributed by atoms with Gasteiger partial charge in [-0.05, 0) is 25.1 Å². The quantitative estimate of drug-likeness (QED) is 0.746. The van der Waals surface area contributed by atoms with E-state index in [1.807, 2.05) is 0 Å². The molecule has 0 bridgehead atoms. The second-order valence-corrected chi connectivity index (χ2v) is 5.27. The Labute approximate surface area is 129 Å². The Morgan fingerprint density at radius 2 is 1.65 bits per heavy atom. The molecule has 0 spiro atoms. The van der Waals surface area contributed by atoms with Crippen LogP contribution in [0.15, 0.2) is 30.3 Å². The van der Waals surface area contributed by atoms with Crippen molar-refractivity contribution in [3.63, 3.8) is 0 Å². The van der Waals surface area contributed by atoms with Crippen molar-refractivity contribution < 1.29 is 17.6 Å². The monoisotopic (exact) mass is 323 g/mol. The van der Waals surface area contributed by atoms with Gasteiger partial charge < -0.3 is 10.3 Å². The van der Waals surface area contributed by atoms with Gasteiger partial charge in [0, 0.05) is 30.3 Å². The van der Waals surface area contributed by atoms with Crippen molar-refractivity contribution in [1.82, 2.24) is 9.55 Å². The van der Waals surface area contributed by atoms with Gasteiger partial charge in [-0.15, -0.1) is 0 Å². The van der Waals surface area contributed by atoms with E-state index in [1.54, 1.807) is 11.5 Å². The lowest BCUT2D eigenvalue weighted by atomic mass is 10.2. The first-order valence-corrected chi connectivity index (χ1v) is 6.95. The molecule has 120 valence electrons. The van der Waals surface area contributed by atoms with Crippen LogP contribution in [-0.4, -0.2) is 16.1 Å². The average molecular weight is 323 g/mol. The average Bonchev–Trinajstić information content (AvgIpc) is 2.88. The van der Waals surface area contributed by atoms with Crippen LogP contribution in [0.2, 0.25) is 0 Å². The van der Waals surface area contributed by atoms with E-state index in [4.69, 9.17) is 5.73 Å². The third-order valence-corrected chi connectivity index (χ3v) is 3.69. The predicted molar refractivity (Wildman–Crippen MR) is 78.8 cm³/mol. The molecule has 0 aliphatic carbocycles. The number of aromatic nitrogens is 2. The predicted octanol–water partition coefficient (Wildman–Crippen LogP) is 3.78. The zero-order valence-corrected chi connectivity index (χ0v) is 12.2. The van der Waals surface area contributed by atoms with Crippen molar-refractivity contribution in [1.29, 1.82) is 0 Å². The maximum absolute atomic E-state index is 13.6. The van der Waals surface area contributed by atoms with Crippen molar-refractivity contribution in [3.8, 4) is 11.4 Å². The van der Waals surface area contributed by atoms with Crippen molar-refractivity contribution in [3.05, 3.63) is 53.6 Å². The first-order valence-electron chi connectivity index (χ1n) is 6.95. The first-order chi connectivity index (χ1) is 10.9. The highest BCUT2D eigenvalue weighted by Crippen LogP contribution is 2.30. The lowest BCUT2D eigenvalue weighted by molar-refractivity contribution is 0.508. The molecule has 2 N–H and O–H groups in total. The summed E-state index contributed by atoms with van der Waals surface area (Å²) in [6, 6.07) is 5.01. The lowest BCUT2D eigenvalue weighted by Crippen LogP contribution is -2.17. The SMILES string of the molecule is CC(CN)n1c(-c2ccc(F)c(F)c2)nc2cc(F)c(F)cc21. The van der Waals surface area contributed by atoms with Gasteiger partial charge in [0.25, 0.3) is 0 Å². The second-order valence-electron chi connectivity index (χ2n) is 5.27. The highest BCUT2D eigenvalue weighted by molar-refractivity contribution is 5.81. The summed E-state index contributed by atoms with van der Waals surface area (Å²) in [5.74, 6) is -3.79. The van der Waals surface area contributed by atoms with Gasteiger partial charge in [0.05, 0.1) is 11.0 Å². The molecule has 0 radical (unpaired) electrons. The first kappa shape index (κ1) is 15.5. The fourth-order valence-electron chi connectivity index (χ4n) is 2.48. The molecular formula is C16H13F4N3. The number of nitrogens with zero attached hydrogens (tertiary/aromatic N) is 2. The third-order valence-electron chi connectivity index (χ3n) is 3.69. The summed E-state index contributed by atoms with van der Waals surface area (Å²) in [6.07, 6.45) is 0. The number of nitrogens with two attached hydrogens (primary N) is 1. The fraction of sp³-hybridized carbons (Fsp3) is 0.188. The zero-order valence-electron chi connectivity index (χ0n) is 12.2. The normalized spacial score (nSPS) is 12.8. The molecule has 1 atom stereocenters. The summed E-state index contributed by atoms with van der Waals surface area (Å²) in [5.41, 5.74) is 6.51. The van der Waals surface area contributed by atoms with Crippen LogP contribution in [0.25, 0.3) is 22.4 Å². The molecule has 0 aliphatic heterocycles. The summed E-state index contributed by atoms with van der Waals surface area (Å²) in [7, 11) is 0. The molecule has 3 rings (SSSR count). The topological polar surface area (TPSA) is 43.8 Å². The van der Waals surface area contributed by atoms with Crippen LogP contribution in [-0.2, 0) is 0 Å². The maximum Gasteiger partial charge on any atom is 0.161 e. The number of fused-ring (bicyclic) bond motifs is 1. The largest absolute Gasteiger partial charge is 0.328 e. The Kier molecular flexibility index (Phi) is 3.81. The van der Waals surface area contributed by atoms with Crippen molar-refractivity contribution in [2.75, 3.05) is 6.54 Å². The molecule has 2 aromatic carbocycles. The van der Waals surface area contributed by atoms with E-state index < -0.39 is 23.3 Å². The van der Waals surface area contributed by atoms with Gasteiger partial charge in [-0.25, -0.2) is 22.5 Å². The van der Waals surface area contributed by atoms with Gasteiger partial charge in [0.15, 0.2) is 23.3 Å². The van der Waals surface area contributed by atoms with Crippen LogP contribution in [0, 0.1) is 23.3 Å². The lowest BCUT2D eigenvalue weighted by Gasteiger charge is -2.16.